The van der Waals surface area contributed by atoms with Gasteiger partial charge in [0.25, 0.3) is 0 Å². The van der Waals surface area contributed by atoms with Crippen LogP contribution in [0.15, 0.2) is 48.7 Å². The van der Waals surface area contributed by atoms with Crippen molar-refractivity contribution in [1.29, 1.82) is 0 Å². The van der Waals surface area contributed by atoms with Gasteiger partial charge in [0.2, 0.25) is 0 Å². The quantitative estimate of drug-likeness (QED) is 0.324. The number of hydrogen-bond donors (Lipinski definition) is 2. The molecule has 4 aromatic rings. The number of carbonyl (C=O) groups is 1. The van der Waals surface area contributed by atoms with Gasteiger partial charge < -0.3 is 14.8 Å². The summed E-state index contributed by atoms with van der Waals surface area (Å²) < 4.78 is 44.4. The summed E-state index contributed by atoms with van der Waals surface area (Å²) in [6.07, 6.45) is -2.73. The van der Waals surface area contributed by atoms with Crippen LogP contribution < -0.4 is 4.74 Å². The number of fused-ring (bicyclic) bond motifs is 1. The topological polar surface area (TPSA) is 75.2 Å². The molecular weight excluding hydrogens is 453 g/mol. The Morgan fingerprint density at radius 1 is 1.21 bits per heavy atom. The van der Waals surface area contributed by atoms with E-state index >= 15 is 0 Å². The van der Waals surface area contributed by atoms with Crippen LogP contribution in [0.3, 0.4) is 0 Å². The molecule has 9 heteroatoms. The van der Waals surface area contributed by atoms with E-state index in [1.807, 2.05) is 26.0 Å². The van der Waals surface area contributed by atoms with E-state index in [0.29, 0.717) is 28.5 Å². The average Bonchev–Trinajstić information content (AvgIpc) is 3.34. The first-order chi connectivity index (χ1) is 15.6. The maximum Gasteiger partial charge on any atom is 0.416 e. The Morgan fingerprint density at radius 2 is 1.94 bits per heavy atom. The minimum atomic E-state index is -4.37. The van der Waals surface area contributed by atoms with E-state index in [1.54, 1.807) is 12.3 Å². The van der Waals surface area contributed by atoms with Crippen molar-refractivity contribution in [1.82, 2.24) is 9.97 Å². The summed E-state index contributed by atoms with van der Waals surface area (Å²) in [5.74, 6) is -0.278. The van der Waals surface area contributed by atoms with Crippen molar-refractivity contribution in [3.05, 3.63) is 70.4 Å². The third kappa shape index (κ3) is 5.03. The summed E-state index contributed by atoms with van der Waals surface area (Å²) in [7, 11) is 0. The molecule has 0 amide bonds. The van der Waals surface area contributed by atoms with Crippen LogP contribution >= 0.6 is 11.3 Å². The molecule has 2 aromatic carbocycles. The Balaban J connectivity index is 1.45. The van der Waals surface area contributed by atoms with E-state index in [-0.39, 0.29) is 12.3 Å². The molecule has 0 aliphatic heterocycles. The Hall–Kier alpha value is -3.33. The Kier molecular flexibility index (Phi) is 6.16. The standard InChI is InChI=1S/C24H21F3N2O3S/c1-13(12-32-18-7-8-19-16(9-21(30)31)11-28-20(19)10-18)22-14(2)33-23(29-22)15-3-5-17(6-4-15)24(25,26)27/h3-8,10-11,13,28H,9,12H2,1-2H3,(H,30,31). The lowest BCUT2D eigenvalue weighted by atomic mass is 10.1. The molecule has 0 spiro atoms. The first kappa shape index (κ1) is 22.8. The van der Waals surface area contributed by atoms with Gasteiger partial charge in [-0.15, -0.1) is 11.3 Å². The second-order valence-corrected chi connectivity index (χ2v) is 9.04. The van der Waals surface area contributed by atoms with Gasteiger partial charge in [-0.1, -0.05) is 19.1 Å². The van der Waals surface area contributed by atoms with Gasteiger partial charge in [-0.3, -0.25) is 4.79 Å². The van der Waals surface area contributed by atoms with Gasteiger partial charge in [0.15, 0.2) is 0 Å². The highest BCUT2D eigenvalue weighted by Crippen LogP contribution is 2.34. The summed E-state index contributed by atoms with van der Waals surface area (Å²) in [6.45, 7) is 4.29. The number of nitrogens with zero attached hydrogens (tertiary/aromatic N) is 1. The van der Waals surface area contributed by atoms with Crippen molar-refractivity contribution < 1.29 is 27.8 Å². The number of nitrogens with one attached hydrogen (secondary N) is 1. The molecule has 4 rings (SSSR count). The van der Waals surface area contributed by atoms with Gasteiger partial charge in [-0.25, -0.2) is 4.98 Å². The van der Waals surface area contributed by atoms with Gasteiger partial charge in [0.1, 0.15) is 10.8 Å². The molecule has 0 bridgehead atoms. The van der Waals surface area contributed by atoms with Crippen LogP contribution in [0.5, 0.6) is 5.75 Å². The molecule has 0 aliphatic rings. The second-order valence-electron chi connectivity index (χ2n) is 7.84. The predicted octanol–water partition coefficient (Wildman–Crippen LogP) is 6.43. The summed E-state index contributed by atoms with van der Waals surface area (Å²) in [5, 5.41) is 10.5. The Labute approximate surface area is 191 Å². The zero-order valence-corrected chi connectivity index (χ0v) is 18.7. The molecule has 0 saturated heterocycles. The molecule has 0 saturated carbocycles. The number of rotatable bonds is 7. The summed E-state index contributed by atoms with van der Waals surface area (Å²) in [4.78, 5) is 19.7. The fourth-order valence-corrected chi connectivity index (χ4v) is 4.69. The molecular formula is C24H21F3N2O3S. The van der Waals surface area contributed by atoms with Crippen LogP contribution in [0.1, 0.15) is 34.5 Å². The highest BCUT2D eigenvalue weighted by Gasteiger charge is 2.30. The zero-order valence-electron chi connectivity index (χ0n) is 17.9. The molecule has 1 atom stereocenters. The van der Waals surface area contributed by atoms with E-state index < -0.39 is 17.7 Å². The molecule has 2 aromatic heterocycles. The summed E-state index contributed by atoms with van der Waals surface area (Å²) in [5.41, 5.74) is 2.32. The first-order valence-corrected chi connectivity index (χ1v) is 11.0. The molecule has 33 heavy (non-hydrogen) atoms. The first-order valence-electron chi connectivity index (χ1n) is 10.2. The lowest BCUT2D eigenvalue weighted by Crippen LogP contribution is -2.08. The third-order valence-corrected chi connectivity index (χ3v) is 6.37. The number of alkyl halides is 3. The van der Waals surface area contributed by atoms with Crippen LogP contribution in [0, 0.1) is 6.92 Å². The number of aromatic amines is 1. The lowest BCUT2D eigenvalue weighted by Gasteiger charge is -2.12. The van der Waals surface area contributed by atoms with Crippen molar-refractivity contribution in [3.63, 3.8) is 0 Å². The van der Waals surface area contributed by atoms with Gasteiger partial charge >= 0.3 is 12.1 Å². The van der Waals surface area contributed by atoms with Gasteiger partial charge in [-0.2, -0.15) is 13.2 Å². The smallest absolute Gasteiger partial charge is 0.416 e. The van der Waals surface area contributed by atoms with E-state index in [0.717, 1.165) is 33.6 Å². The fourth-order valence-electron chi connectivity index (χ4n) is 3.66. The van der Waals surface area contributed by atoms with Crippen LogP contribution in [-0.4, -0.2) is 27.7 Å². The Morgan fingerprint density at radius 3 is 2.61 bits per heavy atom. The van der Waals surface area contributed by atoms with Crippen molar-refractivity contribution in [2.24, 2.45) is 0 Å². The largest absolute Gasteiger partial charge is 0.493 e. The number of benzene rings is 2. The van der Waals surface area contributed by atoms with E-state index in [4.69, 9.17) is 9.84 Å². The number of aryl methyl sites for hydroxylation is 1. The molecule has 5 nitrogen and oxygen atoms in total. The molecule has 0 fully saturated rings. The van der Waals surface area contributed by atoms with Crippen LogP contribution in [-0.2, 0) is 17.4 Å². The van der Waals surface area contributed by atoms with Crippen molar-refractivity contribution >= 4 is 28.2 Å². The number of H-pyrrole nitrogens is 1. The van der Waals surface area contributed by atoms with Crippen molar-refractivity contribution in [2.75, 3.05) is 6.61 Å². The highest BCUT2D eigenvalue weighted by atomic mass is 32.1. The average molecular weight is 475 g/mol. The highest BCUT2D eigenvalue weighted by molar-refractivity contribution is 7.15. The maximum atomic E-state index is 12.8. The zero-order chi connectivity index (χ0) is 23.8. The summed E-state index contributed by atoms with van der Waals surface area (Å²) >= 11 is 1.44. The number of aromatic nitrogens is 2. The van der Waals surface area contributed by atoms with Crippen LogP contribution in [0.2, 0.25) is 0 Å². The Bertz CT molecular complexity index is 1290. The molecule has 0 radical (unpaired) electrons. The van der Waals surface area contributed by atoms with E-state index in [9.17, 15) is 18.0 Å². The summed E-state index contributed by atoms with van der Waals surface area (Å²) in [6, 6.07) is 10.5. The SMILES string of the molecule is Cc1sc(-c2ccc(C(F)(F)F)cc2)nc1C(C)COc1ccc2c(CC(=O)O)c[nH]c2c1. The van der Waals surface area contributed by atoms with E-state index in [2.05, 4.69) is 9.97 Å². The molecule has 0 aliphatic carbocycles. The van der Waals surface area contributed by atoms with Crippen molar-refractivity contribution in [2.45, 2.75) is 32.4 Å². The predicted molar refractivity (Wildman–Crippen MR) is 121 cm³/mol. The monoisotopic (exact) mass is 474 g/mol. The fraction of sp³-hybridized carbons (Fsp3) is 0.250. The van der Waals surface area contributed by atoms with Crippen molar-refractivity contribution in [3.8, 4) is 16.3 Å². The minimum Gasteiger partial charge on any atom is -0.493 e. The minimum absolute atomic E-state index is 0.0358. The number of carboxylic acid groups (broad SMARTS) is 1. The molecule has 1 unspecified atom stereocenters. The lowest BCUT2D eigenvalue weighted by molar-refractivity contribution is -0.138. The normalized spacial score (nSPS) is 12.8. The number of carboxylic acids is 1. The maximum absolute atomic E-state index is 12.8. The number of halogens is 3. The van der Waals surface area contributed by atoms with Gasteiger partial charge in [-0.05, 0) is 36.8 Å². The number of ether oxygens (including phenoxy) is 1. The molecule has 172 valence electrons. The van der Waals surface area contributed by atoms with Gasteiger partial charge in [0, 0.05) is 39.5 Å². The number of hydrogen-bond acceptors (Lipinski definition) is 4. The number of aliphatic carboxylic acids is 1. The van der Waals surface area contributed by atoms with Crippen LogP contribution in [0.4, 0.5) is 13.2 Å². The van der Waals surface area contributed by atoms with Gasteiger partial charge in [0.05, 0.1) is 24.3 Å². The second kappa shape index (κ2) is 8.90. The van der Waals surface area contributed by atoms with Crippen LogP contribution in [0.25, 0.3) is 21.5 Å². The number of thiazole rings is 1. The molecule has 2 heterocycles. The van der Waals surface area contributed by atoms with E-state index in [1.165, 1.54) is 23.5 Å². The molecule has 2 N–H and O–H groups in total. The third-order valence-electron chi connectivity index (χ3n) is 5.34.